The first kappa shape index (κ1) is 14.6. The summed E-state index contributed by atoms with van der Waals surface area (Å²) in [7, 11) is 0. The van der Waals surface area contributed by atoms with E-state index in [1.165, 1.54) is 0 Å². The lowest BCUT2D eigenvalue weighted by atomic mass is 10.1. The summed E-state index contributed by atoms with van der Waals surface area (Å²) in [5, 5.41) is 9.89. The van der Waals surface area contributed by atoms with Gasteiger partial charge in [0.1, 0.15) is 0 Å². The number of hydrogen-bond donors (Lipinski definition) is 1. The van der Waals surface area contributed by atoms with Crippen LogP contribution < -0.4 is 0 Å². The minimum Gasteiger partial charge on any atom is -0.396 e. The van der Waals surface area contributed by atoms with Crippen molar-refractivity contribution in [2.45, 2.75) is 19.3 Å². The summed E-state index contributed by atoms with van der Waals surface area (Å²) in [5.41, 5.74) is 0.880. The lowest BCUT2D eigenvalue weighted by Gasteiger charge is -2.16. The van der Waals surface area contributed by atoms with E-state index in [4.69, 9.17) is 28.3 Å². The summed E-state index contributed by atoms with van der Waals surface area (Å²) >= 11 is 11.8. The fraction of sp³-hybridized carbons (Fsp3) is 0.500. The number of rotatable bonds is 4. The molecule has 1 N–H and O–H groups in total. The lowest BCUT2D eigenvalue weighted by Crippen LogP contribution is -2.30. The quantitative estimate of drug-likeness (QED) is 0.929. The highest BCUT2D eigenvalue weighted by Gasteiger charge is 2.25. The standard InChI is InChI=1S/C14H17Cl2NO2/c15-12-2-1-11(7-13(12)16)8-14(19)17-5-3-10(9-17)4-6-18/h1-2,7,10,18H,3-6,8-9H2. The molecule has 2 rings (SSSR count). The minimum absolute atomic E-state index is 0.110. The molecular formula is C14H17Cl2NO2. The maximum Gasteiger partial charge on any atom is 0.226 e. The molecule has 0 aromatic heterocycles. The summed E-state index contributed by atoms with van der Waals surface area (Å²) in [6.45, 7) is 1.73. The first-order valence-corrected chi connectivity index (χ1v) is 7.18. The van der Waals surface area contributed by atoms with Crippen LogP contribution >= 0.6 is 23.2 Å². The number of aliphatic hydroxyl groups excluding tert-OH is 1. The average Bonchev–Trinajstić information content (AvgIpc) is 2.83. The monoisotopic (exact) mass is 301 g/mol. The molecule has 1 heterocycles. The number of carbonyl (C=O) groups is 1. The smallest absolute Gasteiger partial charge is 0.226 e. The van der Waals surface area contributed by atoms with Crippen LogP contribution in [0.3, 0.4) is 0 Å². The molecule has 104 valence electrons. The normalized spacial score (nSPS) is 18.9. The van der Waals surface area contributed by atoms with Crippen LogP contribution in [0.1, 0.15) is 18.4 Å². The van der Waals surface area contributed by atoms with E-state index in [2.05, 4.69) is 0 Å². The number of likely N-dealkylation sites (tertiary alicyclic amines) is 1. The topological polar surface area (TPSA) is 40.5 Å². The molecule has 1 aliphatic heterocycles. The van der Waals surface area contributed by atoms with Crippen LogP contribution in [0, 0.1) is 5.92 Å². The zero-order valence-electron chi connectivity index (χ0n) is 10.6. The Bertz CT molecular complexity index is 465. The van der Waals surface area contributed by atoms with Gasteiger partial charge in [-0.2, -0.15) is 0 Å². The van der Waals surface area contributed by atoms with Crippen LogP contribution in [0.2, 0.25) is 10.0 Å². The molecule has 1 atom stereocenters. The molecule has 0 bridgehead atoms. The molecule has 0 radical (unpaired) electrons. The van der Waals surface area contributed by atoms with Crippen LogP contribution in [0.25, 0.3) is 0 Å². The Labute approximate surface area is 123 Å². The van der Waals surface area contributed by atoms with Gasteiger partial charge in [-0.3, -0.25) is 4.79 Å². The van der Waals surface area contributed by atoms with E-state index in [1.54, 1.807) is 12.1 Å². The molecule has 0 saturated carbocycles. The van der Waals surface area contributed by atoms with E-state index in [0.717, 1.165) is 31.5 Å². The zero-order chi connectivity index (χ0) is 13.8. The first-order chi connectivity index (χ1) is 9.10. The number of aliphatic hydroxyl groups is 1. The van der Waals surface area contributed by atoms with Gasteiger partial charge in [0.25, 0.3) is 0 Å². The maximum absolute atomic E-state index is 12.1. The van der Waals surface area contributed by atoms with Gasteiger partial charge in [0.2, 0.25) is 5.91 Å². The van der Waals surface area contributed by atoms with Gasteiger partial charge < -0.3 is 10.0 Å². The summed E-state index contributed by atoms with van der Waals surface area (Å²) in [6.07, 6.45) is 2.10. The molecule has 1 aliphatic rings. The molecule has 5 heteroatoms. The second-order valence-corrected chi connectivity index (χ2v) is 5.75. The van der Waals surface area contributed by atoms with Crippen molar-refractivity contribution in [1.29, 1.82) is 0 Å². The predicted octanol–water partition coefficient (Wildman–Crippen LogP) is 2.77. The highest BCUT2D eigenvalue weighted by Crippen LogP contribution is 2.24. The number of nitrogens with zero attached hydrogens (tertiary/aromatic N) is 1. The Morgan fingerprint density at radius 3 is 2.84 bits per heavy atom. The number of benzene rings is 1. The second-order valence-electron chi connectivity index (χ2n) is 4.93. The van der Waals surface area contributed by atoms with Crippen LogP contribution in [-0.2, 0) is 11.2 Å². The Kier molecular flexibility index (Phi) is 5.08. The average molecular weight is 302 g/mol. The van der Waals surface area contributed by atoms with Gasteiger partial charge in [0.05, 0.1) is 16.5 Å². The molecule has 1 unspecified atom stereocenters. The molecule has 1 aromatic carbocycles. The highest BCUT2D eigenvalue weighted by molar-refractivity contribution is 6.42. The SMILES string of the molecule is O=C(Cc1ccc(Cl)c(Cl)c1)N1CCC(CCO)C1. The van der Waals surface area contributed by atoms with Gasteiger partial charge in [-0.25, -0.2) is 0 Å². The minimum atomic E-state index is 0.110. The Morgan fingerprint density at radius 1 is 1.37 bits per heavy atom. The van der Waals surface area contributed by atoms with Crippen molar-refractivity contribution in [3.05, 3.63) is 33.8 Å². The second kappa shape index (κ2) is 6.60. The van der Waals surface area contributed by atoms with Crippen LogP contribution in [0.15, 0.2) is 18.2 Å². The van der Waals surface area contributed by atoms with E-state index >= 15 is 0 Å². The van der Waals surface area contributed by atoms with Gasteiger partial charge in [-0.05, 0) is 36.5 Å². The van der Waals surface area contributed by atoms with Gasteiger partial charge in [-0.1, -0.05) is 29.3 Å². The van der Waals surface area contributed by atoms with Crippen molar-refractivity contribution in [2.75, 3.05) is 19.7 Å². The van der Waals surface area contributed by atoms with Crippen LogP contribution in [-0.4, -0.2) is 35.6 Å². The lowest BCUT2D eigenvalue weighted by molar-refractivity contribution is -0.129. The van der Waals surface area contributed by atoms with Crippen molar-refractivity contribution in [3.8, 4) is 0 Å². The predicted molar refractivity (Wildman–Crippen MR) is 76.6 cm³/mol. The third-order valence-corrected chi connectivity index (χ3v) is 4.25. The van der Waals surface area contributed by atoms with Crippen molar-refractivity contribution in [3.63, 3.8) is 0 Å². The van der Waals surface area contributed by atoms with Crippen molar-refractivity contribution < 1.29 is 9.90 Å². The molecule has 0 aliphatic carbocycles. The number of hydrogen-bond acceptors (Lipinski definition) is 2. The number of halogens is 2. The van der Waals surface area contributed by atoms with Crippen molar-refractivity contribution >= 4 is 29.1 Å². The third kappa shape index (κ3) is 3.85. The van der Waals surface area contributed by atoms with Gasteiger partial charge in [0, 0.05) is 19.7 Å². The molecule has 1 amide bonds. The first-order valence-electron chi connectivity index (χ1n) is 6.42. The van der Waals surface area contributed by atoms with E-state index in [0.29, 0.717) is 22.4 Å². The Hall–Kier alpha value is -0.770. The van der Waals surface area contributed by atoms with Crippen LogP contribution in [0.5, 0.6) is 0 Å². The Balaban J connectivity index is 1.92. The largest absolute Gasteiger partial charge is 0.396 e. The maximum atomic E-state index is 12.1. The molecule has 1 saturated heterocycles. The molecule has 1 fully saturated rings. The summed E-state index contributed by atoms with van der Waals surface area (Å²) in [6, 6.07) is 5.28. The van der Waals surface area contributed by atoms with E-state index in [9.17, 15) is 4.79 Å². The fourth-order valence-corrected chi connectivity index (χ4v) is 2.73. The molecule has 0 spiro atoms. The fourth-order valence-electron chi connectivity index (χ4n) is 2.41. The Morgan fingerprint density at radius 2 is 2.16 bits per heavy atom. The number of amides is 1. The third-order valence-electron chi connectivity index (χ3n) is 3.52. The van der Waals surface area contributed by atoms with E-state index < -0.39 is 0 Å². The molecule has 19 heavy (non-hydrogen) atoms. The summed E-state index contributed by atoms with van der Waals surface area (Å²) in [4.78, 5) is 14.0. The molecular weight excluding hydrogens is 285 g/mol. The van der Waals surface area contributed by atoms with Gasteiger partial charge in [0.15, 0.2) is 0 Å². The molecule has 1 aromatic rings. The zero-order valence-corrected chi connectivity index (χ0v) is 12.1. The summed E-state index contributed by atoms with van der Waals surface area (Å²) in [5.74, 6) is 0.543. The molecule has 3 nitrogen and oxygen atoms in total. The van der Waals surface area contributed by atoms with Gasteiger partial charge >= 0.3 is 0 Å². The van der Waals surface area contributed by atoms with E-state index in [1.807, 2.05) is 11.0 Å². The summed E-state index contributed by atoms with van der Waals surface area (Å²) < 4.78 is 0. The van der Waals surface area contributed by atoms with Crippen molar-refractivity contribution in [1.82, 2.24) is 4.90 Å². The highest BCUT2D eigenvalue weighted by atomic mass is 35.5. The van der Waals surface area contributed by atoms with E-state index in [-0.39, 0.29) is 12.5 Å². The number of carbonyl (C=O) groups excluding carboxylic acids is 1. The van der Waals surface area contributed by atoms with Crippen molar-refractivity contribution in [2.24, 2.45) is 5.92 Å². The van der Waals surface area contributed by atoms with Gasteiger partial charge in [-0.15, -0.1) is 0 Å². The van der Waals surface area contributed by atoms with Crippen LogP contribution in [0.4, 0.5) is 0 Å².